The van der Waals surface area contributed by atoms with Gasteiger partial charge in [-0.25, -0.2) is 0 Å². The highest BCUT2D eigenvalue weighted by molar-refractivity contribution is 6.30. The smallest absolute Gasteiger partial charge is 0.159 e. The molecule has 410 valence electrons. The van der Waals surface area contributed by atoms with E-state index in [0.717, 1.165) is 78.0 Å². The Bertz CT molecular complexity index is 5490. The van der Waals surface area contributed by atoms with Crippen molar-refractivity contribution in [2.24, 2.45) is 0 Å². The number of benzene rings is 12. The maximum Gasteiger partial charge on any atom is 0.159 e. The van der Waals surface area contributed by atoms with Crippen LogP contribution in [0.2, 0.25) is 0 Å². The number of hydrogen-bond donors (Lipinski definition) is 0. The fraction of sp³-hybridized carbons (Fsp3) is 0.111. The van der Waals surface area contributed by atoms with Gasteiger partial charge in [0.2, 0.25) is 0 Å². The van der Waals surface area contributed by atoms with Gasteiger partial charge in [0.15, 0.2) is 11.2 Å². The number of aromatic nitrogens is 1. The highest BCUT2D eigenvalue weighted by Gasteiger charge is 2.53. The second-order valence-corrected chi connectivity index (χ2v) is 25.9. The Morgan fingerprint density at radius 2 is 0.826 bits per heavy atom. The van der Waals surface area contributed by atoms with Crippen molar-refractivity contribution in [1.82, 2.24) is 4.40 Å². The van der Waals surface area contributed by atoms with Crippen molar-refractivity contribution in [3.63, 3.8) is 0 Å². The number of anilines is 6. The van der Waals surface area contributed by atoms with Crippen LogP contribution in [0.1, 0.15) is 74.9 Å². The van der Waals surface area contributed by atoms with Crippen molar-refractivity contribution < 1.29 is 8.83 Å². The molecule has 0 saturated carbocycles. The first kappa shape index (κ1) is 49.1. The first-order valence-corrected chi connectivity index (χ1v) is 30.2. The van der Waals surface area contributed by atoms with E-state index in [1.807, 2.05) is 0 Å². The first-order chi connectivity index (χ1) is 41.9. The molecule has 5 heteroatoms. The summed E-state index contributed by atoms with van der Waals surface area (Å²) >= 11 is 0. The number of furan rings is 2. The standard InChI is InChI=1S/C81H59N3O2/c1-79(2,3)48-22-17-24-50(44-48)82(68-38-20-32-59-56-29-10-15-40-71(56)85-77(59)68)52-42-43-61-65(46-52)81(63-35-12-7-26-53(63)54-27-8-13-36-64(54)81)66-47-70(74-62-34-19-31-58-55-28-9-14-37-67(55)84(75(58)62)76(74)73(61)66)83(51-25-18-23-49(45-51)80(4,5)6)69-39-21-33-60-57-30-11-16-41-72(57)86-78(60)69/h7-47H,1-6H3. The van der Waals surface area contributed by atoms with Crippen molar-refractivity contribution in [2.75, 3.05) is 9.80 Å². The van der Waals surface area contributed by atoms with Crippen LogP contribution < -0.4 is 9.80 Å². The normalized spacial score (nSPS) is 13.6. The van der Waals surface area contributed by atoms with Gasteiger partial charge in [-0.15, -0.1) is 0 Å². The molecule has 18 rings (SSSR count). The van der Waals surface area contributed by atoms with Crippen LogP contribution in [0.5, 0.6) is 0 Å². The molecule has 16 aromatic rings. The first-order valence-electron chi connectivity index (χ1n) is 30.2. The summed E-state index contributed by atoms with van der Waals surface area (Å²) in [6, 6.07) is 92.9. The lowest BCUT2D eigenvalue weighted by Gasteiger charge is -2.34. The molecule has 0 radical (unpaired) electrons. The molecule has 86 heavy (non-hydrogen) atoms. The number of fused-ring (bicyclic) bond motifs is 23. The monoisotopic (exact) mass is 1110 g/mol. The number of nitrogens with zero attached hydrogens (tertiary/aromatic N) is 3. The Hall–Kier alpha value is -10.4. The summed E-state index contributed by atoms with van der Waals surface area (Å²) in [6.07, 6.45) is 0. The fourth-order valence-electron chi connectivity index (χ4n) is 15.4. The molecule has 4 aromatic heterocycles. The minimum atomic E-state index is -0.789. The Balaban J connectivity index is 1.02. The van der Waals surface area contributed by atoms with Crippen LogP contribution in [0.4, 0.5) is 34.1 Å². The van der Waals surface area contributed by atoms with Crippen LogP contribution in [-0.4, -0.2) is 4.40 Å². The van der Waals surface area contributed by atoms with Gasteiger partial charge in [-0.1, -0.05) is 217 Å². The molecule has 0 unspecified atom stereocenters. The Labute approximate surface area is 498 Å². The molecule has 0 aliphatic heterocycles. The van der Waals surface area contributed by atoms with Gasteiger partial charge in [-0.2, -0.15) is 0 Å². The average Bonchev–Trinajstić information content (AvgIpc) is 1.50. The summed E-state index contributed by atoms with van der Waals surface area (Å²) in [6.45, 7) is 13.8. The highest BCUT2D eigenvalue weighted by Crippen LogP contribution is 2.67. The van der Waals surface area contributed by atoms with Gasteiger partial charge in [0.05, 0.1) is 39.0 Å². The summed E-state index contributed by atoms with van der Waals surface area (Å²) in [7, 11) is 0. The van der Waals surface area contributed by atoms with Crippen molar-refractivity contribution in [2.45, 2.75) is 57.8 Å². The molecule has 12 aromatic carbocycles. The van der Waals surface area contributed by atoms with Crippen LogP contribution >= 0.6 is 0 Å². The molecular weight excluding hydrogens is 1050 g/mol. The van der Waals surface area contributed by atoms with E-state index in [2.05, 4.69) is 304 Å². The van der Waals surface area contributed by atoms with E-state index >= 15 is 0 Å². The minimum Gasteiger partial charge on any atom is -0.454 e. The Morgan fingerprint density at radius 1 is 0.337 bits per heavy atom. The SMILES string of the molecule is CC(C)(C)c1cccc(N(c2ccc3c(c2)C2(c4ccccc4-c4ccccc42)c2cc(N(c4cccc(C(C)(C)C)c4)c4cccc5c4oc4ccccc45)c4c5cccc6c7ccccc7n(c4c2-3)c65)c2cccc3c2oc2ccccc23)c1. The van der Waals surface area contributed by atoms with Crippen molar-refractivity contribution in [3.05, 3.63) is 282 Å². The van der Waals surface area contributed by atoms with E-state index in [1.165, 1.54) is 93.7 Å². The fourth-order valence-corrected chi connectivity index (χ4v) is 15.4. The third kappa shape index (κ3) is 6.55. The molecule has 0 N–H and O–H groups in total. The maximum atomic E-state index is 7.14. The molecule has 0 bridgehead atoms. The summed E-state index contributed by atoms with van der Waals surface area (Å²) in [5.74, 6) is 0. The minimum absolute atomic E-state index is 0.102. The third-order valence-corrected chi connectivity index (χ3v) is 19.2. The van der Waals surface area contributed by atoms with Gasteiger partial charge in [-0.3, -0.25) is 0 Å². The molecule has 0 atom stereocenters. The van der Waals surface area contributed by atoms with E-state index < -0.39 is 5.41 Å². The quantitative estimate of drug-likeness (QED) is 0.166. The van der Waals surface area contributed by atoms with Crippen LogP contribution in [0.15, 0.2) is 258 Å². The maximum absolute atomic E-state index is 7.14. The molecule has 0 fully saturated rings. The second kappa shape index (κ2) is 17.4. The van der Waals surface area contributed by atoms with Crippen molar-refractivity contribution in [1.29, 1.82) is 0 Å². The number of rotatable bonds is 6. The third-order valence-electron chi connectivity index (χ3n) is 19.2. The zero-order valence-corrected chi connectivity index (χ0v) is 48.8. The van der Waals surface area contributed by atoms with Crippen LogP contribution in [-0.2, 0) is 16.2 Å². The summed E-state index contributed by atoms with van der Waals surface area (Å²) in [5.41, 5.74) is 24.7. The van der Waals surface area contributed by atoms with Gasteiger partial charge in [0.25, 0.3) is 0 Å². The predicted molar refractivity (Wildman–Crippen MR) is 359 cm³/mol. The van der Waals surface area contributed by atoms with Gasteiger partial charge < -0.3 is 23.0 Å². The molecule has 0 amide bonds. The molecule has 2 aliphatic rings. The van der Waals surface area contributed by atoms with Gasteiger partial charge in [-0.05, 0) is 134 Å². The van der Waals surface area contributed by atoms with E-state index in [-0.39, 0.29) is 10.8 Å². The molecule has 5 nitrogen and oxygen atoms in total. The van der Waals surface area contributed by atoms with Crippen LogP contribution in [0.3, 0.4) is 0 Å². The lowest BCUT2D eigenvalue weighted by Crippen LogP contribution is -2.26. The molecule has 2 aliphatic carbocycles. The molecule has 4 heterocycles. The topological polar surface area (TPSA) is 37.2 Å². The predicted octanol–water partition coefficient (Wildman–Crippen LogP) is 22.5. The lowest BCUT2D eigenvalue weighted by atomic mass is 9.70. The average molecular weight is 1110 g/mol. The second-order valence-electron chi connectivity index (χ2n) is 25.9. The van der Waals surface area contributed by atoms with E-state index in [4.69, 9.17) is 8.83 Å². The molecule has 0 saturated heterocycles. The lowest BCUT2D eigenvalue weighted by molar-refractivity contribution is 0.590. The van der Waals surface area contributed by atoms with Gasteiger partial charge >= 0.3 is 0 Å². The van der Waals surface area contributed by atoms with Crippen molar-refractivity contribution in [3.8, 4) is 22.3 Å². The number of para-hydroxylation sites is 6. The largest absolute Gasteiger partial charge is 0.454 e. The van der Waals surface area contributed by atoms with Gasteiger partial charge in [0, 0.05) is 65.7 Å². The summed E-state index contributed by atoms with van der Waals surface area (Å²) in [5, 5.41) is 9.23. The Morgan fingerprint density at radius 3 is 1.45 bits per heavy atom. The summed E-state index contributed by atoms with van der Waals surface area (Å²) in [4.78, 5) is 5.00. The van der Waals surface area contributed by atoms with Gasteiger partial charge in [0.1, 0.15) is 11.2 Å². The zero-order chi connectivity index (χ0) is 57.5. The number of hydrogen-bond acceptors (Lipinski definition) is 4. The summed E-state index contributed by atoms with van der Waals surface area (Å²) < 4.78 is 16.8. The van der Waals surface area contributed by atoms with Crippen molar-refractivity contribution >= 4 is 116 Å². The molecule has 1 spiro atoms. The highest BCUT2D eigenvalue weighted by atomic mass is 16.3. The van der Waals surface area contributed by atoms with E-state index in [1.54, 1.807) is 0 Å². The van der Waals surface area contributed by atoms with Crippen LogP contribution in [0.25, 0.3) is 104 Å². The van der Waals surface area contributed by atoms with E-state index in [9.17, 15) is 0 Å². The Kier molecular flexibility index (Phi) is 9.92. The zero-order valence-electron chi connectivity index (χ0n) is 48.8. The van der Waals surface area contributed by atoms with E-state index in [0.29, 0.717) is 0 Å². The molecular formula is C81H59N3O2. The van der Waals surface area contributed by atoms with Crippen LogP contribution in [0, 0.1) is 0 Å².